The summed E-state index contributed by atoms with van der Waals surface area (Å²) in [5, 5.41) is 3.83. The van der Waals surface area contributed by atoms with Crippen LogP contribution in [0.15, 0.2) is 12.1 Å². The van der Waals surface area contributed by atoms with Crippen LogP contribution in [0.1, 0.15) is 29.3 Å². The molecule has 0 bridgehead atoms. The molecule has 1 aromatic carbocycles. The first-order valence-electron chi connectivity index (χ1n) is 5.45. The summed E-state index contributed by atoms with van der Waals surface area (Å²) in [5.41, 5.74) is 2.53. The molecule has 1 aliphatic rings. The zero-order valence-corrected chi connectivity index (χ0v) is 9.93. The fourth-order valence-electron chi connectivity index (χ4n) is 1.93. The van der Waals surface area contributed by atoms with Gasteiger partial charge in [0.05, 0.1) is 17.9 Å². The third-order valence-electron chi connectivity index (χ3n) is 2.60. The lowest BCUT2D eigenvalue weighted by Gasteiger charge is -2.20. The number of fused-ring (bicyclic) bond motifs is 1. The second-order valence-corrected chi connectivity index (χ2v) is 4.17. The number of halogens is 1. The second-order valence-electron chi connectivity index (χ2n) is 3.74. The third-order valence-corrected chi connectivity index (χ3v) is 2.82. The molecule has 0 atom stereocenters. The van der Waals surface area contributed by atoms with Gasteiger partial charge in [0, 0.05) is 11.6 Å². The molecule has 0 saturated carbocycles. The number of anilines is 1. The largest absolute Gasteiger partial charge is 0.462 e. The quantitative estimate of drug-likeness (QED) is 0.807. The summed E-state index contributed by atoms with van der Waals surface area (Å²) in [5.74, 6) is -0.310. The molecule has 4 heteroatoms. The minimum atomic E-state index is -0.310. The van der Waals surface area contributed by atoms with Crippen LogP contribution in [-0.2, 0) is 11.2 Å². The van der Waals surface area contributed by atoms with E-state index in [1.54, 1.807) is 13.0 Å². The van der Waals surface area contributed by atoms with Gasteiger partial charge in [-0.3, -0.25) is 0 Å². The lowest BCUT2D eigenvalue weighted by molar-refractivity contribution is 0.0527. The van der Waals surface area contributed by atoms with E-state index in [1.807, 2.05) is 6.07 Å². The first-order chi connectivity index (χ1) is 7.72. The molecule has 86 valence electrons. The highest BCUT2D eigenvalue weighted by molar-refractivity contribution is 6.31. The molecule has 0 saturated heterocycles. The molecule has 0 fully saturated rings. The van der Waals surface area contributed by atoms with Gasteiger partial charge in [0.25, 0.3) is 0 Å². The number of hydrogen-bond acceptors (Lipinski definition) is 3. The van der Waals surface area contributed by atoms with Crippen molar-refractivity contribution in [2.75, 3.05) is 18.5 Å². The highest BCUT2D eigenvalue weighted by Crippen LogP contribution is 2.30. The van der Waals surface area contributed by atoms with Gasteiger partial charge in [0.2, 0.25) is 0 Å². The molecule has 0 amide bonds. The van der Waals surface area contributed by atoms with Crippen molar-refractivity contribution in [1.82, 2.24) is 0 Å². The summed E-state index contributed by atoms with van der Waals surface area (Å²) in [7, 11) is 0. The maximum absolute atomic E-state index is 11.7. The molecule has 1 heterocycles. The van der Waals surface area contributed by atoms with Crippen LogP contribution in [0, 0.1) is 0 Å². The molecule has 0 radical (unpaired) electrons. The molecule has 3 nitrogen and oxygen atoms in total. The molecule has 2 rings (SSSR count). The molecular formula is C12H14ClNO2. The summed E-state index contributed by atoms with van der Waals surface area (Å²) in [6.07, 6.45) is 2.02. The number of carbonyl (C=O) groups excluding carboxylic acids is 1. The molecule has 0 aliphatic carbocycles. The Bertz CT molecular complexity index is 418. The Kier molecular flexibility index (Phi) is 3.34. The highest BCUT2D eigenvalue weighted by atomic mass is 35.5. The summed E-state index contributed by atoms with van der Waals surface area (Å²) in [4.78, 5) is 11.7. The number of carbonyl (C=O) groups is 1. The van der Waals surface area contributed by atoms with Gasteiger partial charge < -0.3 is 10.1 Å². The van der Waals surface area contributed by atoms with Gasteiger partial charge in [-0.05, 0) is 37.5 Å². The summed E-state index contributed by atoms with van der Waals surface area (Å²) in [6.45, 7) is 3.06. The van der Waals surface area contributed by atoms with Crippen molar-refractivity contribution in [3.8, 4) is 0 Å². The van der Waals surface area contributed by atoms with E-state index in [-0.39, 0.29) is 5.97 Å². The number of ether oxygens (including phenoxy) is 1. The van der Waals surface area contributed by atoms with E-state index < -0.39 is 0 Å². The molecule has 0 aromatic heterocycles. The van der Waals surface area contributed by atoms with Gasteiger partial charge in [0.15, 0.2) is 0 Å². The van der Waals surface area contributed by atoms with Gasteiger partial charge in [0.1, 0.15) is 0 Å². The topological polar surface area (TPSA) is 38.3 Å². The normalized spacial score (nSPS) is 13.9. The van der Waals surface area contributed by atoms with Gasteiger partial charge >= 0.3 is 5.97 Å². The predicted octanol–water partition coefficient (Wildman–Crippen LogP) is 2.87. The summed E-state index contributed by atoms with van der Waals surface area (Å²) in [6, 6.07) is 3.57. The third kappa shape index (κ3) is 2.14. The number of rotatable bonds is 2. The number of aryl methyl sites for hydroxylation is 1. The van der Waals surface area contributed by atoms with E-state index >= 15 is 0 Å². The van der Waals surface area contributed by atoms with Gasteiger partial charge in [-0.1, -0.05) is 11.6 Å². The Hall–Kier alpha value is -1.22. The van der Waals surface area contributed by atoms with Crippen molar-refractivity contribution >= 4 is 23.3 Å². The van der Waals surface area contributed by atoms with E-state index in [0.29, 0.717) is 17.2 Å². The molecule has 1 N–H and O–H groups in total. The first kappa shape index (κ1) is 11.3. The van der Waals surface area contributed by atoms with E-state index in [1.165, 1.54) is 0 Å². The van der Waals surface area contributed by atoms with Gasteiger partial charge in [-0.25, -0.2) is 4.79 Å². The monoisotopic (exact) mass is 239 g/mol. The van der Waals surface area contributed by atoms with Crippen molar-refractivity contribution in [3.05, 3.63) is 28.3 Å². The zero-order valence-electron chi connectivity index (χ0n) is 9.18. The predicted molar refractivity (Wildman–Crippen MR) is 64.2 cm³/mol. The Balaban J connectivity index is 2.43. The summed E-state index contributed by atoms with van der Waals surface area (Å²) < 4.78 is 5.01. The van der Waals surface area contributed by atoms with Crippen LogP contribution < -0.4 is 5.32 Å². The van der Waals surface area contributed by atoms with Crippen molar-refractivity contribution < 1.29 is 9.53 Å². The average molecular weight is 240 g/mol. The highest BCUT2D eigenvalue weighted by Gasteiger charge is 2.19. The van der Waals surface area contributed by atoms with Gasteiger partial charge in [-0.2, -0.15) is 0 Å². The second kappa shape index (κ2) is 4.74. The van der Waals surface area contributed by atoms with E-state index in [0.717, 1.165) is 30.6 Å². The van der Waals surface area contributed by atoms with Crippen LogP contribution >= 0.6 is 11.6 Å². The first-order valence-corrected chi connectivity index (χ1v) is 5.83. The zero-order chi connectivity index (χ0) is 11.5. The number of hydrogen-bond donors (Lipinski definition) is 1. The lowest BCUT2D eigenvalue weighted by Crippen LogP contribution is -2.17. The SMILES string of the molecule is CCOC(=O)c1cc(Cl)cc2c1NCCC2. The van der Waals surface area contributed by atoms with Crippen molar-refractivity contribution in [1.29, 1.82) is 0 Å². The van der Waals surface area contributed by atoms with Gasteiger partial charge in [-0.15, -0.1) is 0 Å². The molecule has 16 heavy (non-hydrogen) atoms. The van der Waals surface area contributed by atoms with E-state index in [9.17, 15) is 4.79 Å². The molecule has 0 spiro atoms. The molecule has 1 aliphatic heterocycles. The van der Waals surface area contributed by atoms with Crippen LogP contribution in [0.25, 0.3) is 0 Å². The van der Waals surface area contributed by atoms with Crippen molar-refractivity contribution in [2.45, 2.75) is 19.8 Å². The van der Waals surface area contributed by atoms with Crippen LogP contribution in [0.5, 0.6) is 0 Å². The molecule has 1 aromatic rings. The van der Waals surface area contributed by atoms with Crippen molar-refractivity contribution in [3.63, 3.8) is 0 Å². The van der Waals surface area contributed by atoms with E-state index in [2.05, 4.69) is 5.32 Å². The minimum absolute atomic E-state index is 0.310. The van der Waals surface area contributed by atoms with Crippen LogP contribution in [0.3, 0.4) is 0 Å². The lowest BCUT2D eigenvalue weighted by atomic mass is 9.99. The Morgan fingerprint density at radius 1 is 1.56 bits per heavy atom. The minimum Gasteiger partial charge on any atom is -0.462 e. The average Bonchev–Trinajstić information content (AvgIpc) is 2.28. The smallest absolute Gasteiger partial charge is 0.340 e. The van der Waals surface area contributed by atoms with Crippen LogP contribution in [0.2, 0.25) is 5.02 Å². The molecule has 0 unspecified atom stereocenters. The Morgan fingerprint density at radius 2 is 2.38 bits per heavy atom. The number of esters is 1. The Morgan fingerprint density at radius 3 is 3.12 bits per heavy atom. The maximum atomic E-state index is 11.7. The molecular weight excluding hydrogens is 226 g/mol. The number of nitrogens with one attached hydrogen (secondary N) is 1. The fourth-order valence-corrected chi connectivity index (χ4v) is 2.17. The Labute approximate surface area is 99.7 Å². The fraction of sp³-hybridized carbons (Fsp3) is 0.417. The summed E-state index contributed by atoms with van der Waals surface area (Å²) >= 11 is 5.99. The number of benzene rings is 1. The van der Waals surface area contributed by atoms with Crippen LogP contribution in [-0.4, -0.2) is 19.1 Å². The standard InChI is InChI=1S/C12H14ClNO2/c1-2-16-12(15)10-7-9(13)6-8-4-3-5-14-11(8)10/h6-7,14H,2-5H2,1H3. The van der Waals surface area contributed by atoms with Crippen molar-refractivity contribution in [2.24, 2.45) is 0 Å². The maximum Gasteiger partial charge on any atom is 0.340 e. The van der Waals surface area contributed by atoms with E-state index in [4.69, 9.17) is 16.3 Å². The van der Waals surface area contributed by atoms with Crippen LogP contribution in [0.4, 0.5) is 5.69 Å².